The van der Waals surface area contributed by atoms with Crippen LogP contribution in [0.2, 0.25) is 5.02 Å². The van der Waals surface area contributed by atoms with Crippen molar-refractivity contribution in [1.82, 2.24) is 35.1 Å². The number of aromatic nitrogens is 4. The molecule has 0 bridgehead atoms. The third kappa shape index (κ3) is 6.01. The Balaban J connectivity index is 1.40. The van der Waals surface area contributed by atoms with E-state index in [9.17, 15) is 14.4 Å². The average Bonchev–Trinajstić information content (AvgIpc) is 3.60. The van der Waals surface area contributed by atoms with Crippen LogP contribution in [-0.2, 0) is 29.7 Å². The van der Waals surface area contributed by atoms with Crippen molar-refractivity contribution in [2.24, 2.45) is 7.05 Å². The zero-order valence-electron chi connectivity index (χ0n) is 23.5. The van der Waals surface area contributed by atoms with Crippen molar-refractivity contribution >= 4 is 29.0 Å². The predicted octanol–water partition coefficient (Wildman–Crippen LogP) is 2.35. The SMILES string of the molecule is COc1nc(-c2cccc(-c3cc4c(=O)n(C)c(CNC(C)C(=O)O)nn4c3)c2Cl)ccc1CNC[C@@H]1CCC(=O)N1. The van der Waals surface area contributed by atoms with Crippen molar-refractivity contribution in [2.45, 2.75) is 44.9 Å². The van der Waals surface area contributed by atoms with E-state index in [0.29, 0.717) is 64.1 Å². The van der Waals surface area contributed by atoms with Gasteiger partial charge in [-0.2, -0.15) is 5.10 Å². The fraction of sp³-hybridized carbons (Fsp3) is 0.345. The summed E-state index contributed by atoms with van der Waals surface area (Å²) in [6.07, 6.45) is 3.10. The molecule has 4 aromatic rings. The number of amides is 1. The molecule has 1 amide bonds. The monoisotopic (exact) mass is 593 g/mol. The molecule has 42 heavy (non-hydrogen) atoms. The van der Waals surface area contributed by atoms with Gasteiger partial charge in [0.1, 0.15) is 17.4 Å². The van der Waals surface area contributed by atoms with Crippen LogP contribution >= 0.6 is 11.6 Å². The highest BCUT2D eigenvalue weighted by molar-refractivity contribution is 6.36. The van der Waals surface area contributed by atoms with Gasteiger partial charge in [-0.05, 0) is 25.5 Å². The van der Waals surface area contributed by atoms with Gasteiger partial charge in [-0.25, -0.2) is 9.50 Å². The summed E-state index contributed by atoms with van der Waals surface area (Å²) < 4.78 is 8.46. The summed E-state index contributed by atoms with van der Waals surface area (Å²) in [7, 11) is 3.17. The first-order valence-corrected chi connectivity index (χ1v) is 13.9. The van der Waals surface area contributed by atoms with E-state index in [0.717, 1.165) is 12.0 Å². The molecule has 0 saturated carbocycles. The van der Waals surface area contributed by atoms with Crippen LogP contribution in [-0.4, -0.2) is 61.9 Å². The quantitative estimate of drug-likeness (QED) is 0.205. The number of ether oxygens (including phenoxy) is 1. The Kier molecular flexibility index (Phi) is 8.57. The number of aliphatic carboxylic acids is 1. The highest BCUT2D eigenvalue weighted by Crippen LogP contribution is 2.37. The molecular formula is C29H32ClN7O5. The maximum atomic E-state index is 13.1. The third-order valence-electron chi connectivity index (χ3n) is 7.38. The summed E-state index contributed by atoms with van der Waals surface area (Å²) in [5.41, 5.74) is 3.69. The van der Waals surface area contributed by atoms with Gasteiger partial charge < -0.3 is 20.5 Å². The number of nitrogens with zero attached hydrogens (tertiary/aromatic N) is 4. The number of nitrogens with one attached hydrogen (secondary N) is 3. The summed E-state index contributed by atoms with van der Waals surface area (Å²) in [5.74, 6) is -0.0479. The maximum Gasteiger partial charge on any atom is 0.320 e. The molecule has 1 aliphatic heterocycles. The number of hydrogen-bond acceptors (Lipinski definition) is 8. The molecule has 0 aliphatic carbocycles. The van der Waals surface area contributed by atoms with Crippen molar-refractivity contribution in [3.8, 4) is 28.3 Å². The van der Waals surface area contributed by atoms with Gasteiger partial charge >= 0.3 is 5.97 Å². The van der Waals surface area contributed by atoms with E-state index < -0.39 is 12.0 Å². The van der Waals surface area contributed by atoms with Crippen LogP contribution in [0.4, 0.5) is 0 Å². The van der Waals surface area contributed by atoms with Crippen molar-refractivity contribution in [3.05, 3.63) is 69.4 Å². The van der Waals surface area contributed by atoms with Gasteiger partial charge in [0.15, 0.2) is 0 Å². The van der Waals surface area contributed by atoms with Crippen molar-refractivity contribution in [3.63, 3.8) is 0 Å². The second-order valence-electron chi connectivity index (χ2n) is 10.2. The Morgan fingerprint density at radius 3 is 2.74 bits per heavy atom. The number of benzene rings is 1. The van der Waals surface area contributed by atoms with E-state index in [1.807, 2.05) is 30.3 Å². The standard InChI is InChI=1S/C29H32ClN7O5/c1-16(29(40)41)32-14-24-35-37-15-18(11-23(37)28(39)36(24)2)20-5-4-6-21(26(20)30)22-9-7-17(27(34-22)42-3)12-31-13-19-8-10-25(38)33-19/h4-7,9,11,15-16,19,31-32H,8,10,12-14H2,1-3H3,(H,33,38)(H,40,41)/t16?,19-/m0/s1. The number of carboxylic acid groups (broad SMARTS) is 1. The average molecular weight is 594 g/mol. The molecule has 1 aromatic carbocycles. The number of rotatable bonds is 11. The van der Waals surface area contributed by atoms with Crippen LogP contribution in [0.1, 0.15) is 31.2 Å². The van der Waals surface area contributed by atoms with E-state index >= 15 is 0 Å². The number of pyridine rings is 1. The van der Waals surface area contributed by atoms with E-state index in [2.05, 4.69) is 21.0 Å². The van der Waals surface area contributed by atoms with E-state index in [1.54, 1.807) is 26.4 Å². The van der Waals surface area contributed by atoms with Gasteiger partial charge in [0.25, 0.3) is 5.56 Å². The molecule has 1 saturated heterocycles. The number of carbonyl (C=O) groups excluding carboxylic acids is 1. The van der Waals surface area contributed by atoms with Crippen LogP contribution in [0.15, 0.2) is 47.4 Å². The number of carboxylic acids is 1. The number of hydrogen-bond donors (Lipinski definition) is 4. The molecular weight excluding hydrogens is 562 g/mol. The molecule has 4 heterocycles. The van der Waals surface area contributed by atoms with Gasteiger partial charge in [0, 0.05) is 61.1 Å². The summed E-state index contributed by atoms with van der Waals surface area (Å²) >= 11 is 6.92. The van der Waals surface area contributed by atoms with Crippen LogP contribution in [0.5, 0.6) is 5.88 Å². The fourth-order valence-electron chi connectivity index (χ4n) is 4.90. The smallest absolute Gasteiger partial charge is 0.320 e. The van der Waals surface area contributed by atoms with Crippen molar-refractivity contribution < 1.29 is 19.4 Å². The van der Waals surface area contributed by atoms with Gasteiger partial charge in [-0.1, -0.05) is 35.9 Å². The normalized spacial score (nSPS) is 15.6. The van der Waals surface area contributed by atoms with Crippen LogP contribution < -0.4 is 26.2 Å². The van der Waals surface area contributed by atoms with E-state index in [4.69, 9.17) is 26.4 Å². The zero-order chi connectivity index (χ0) is 30.0. The second-order valence-corrected chi connectivity index (χ2v) is 10.6. The molecule has 3 aromatic heterocycles. The molecule has 220 valence electrons. The Bertz CT molecular complexity index is 1720. The minimum atomic E-state index is -0.993. The van der Waals surface area contributed by atoms with Gasteiger partial charge in [0.05, 0.1) is 24.4 Å². The first kappa shape index (κ1) is 29.2. The molecule has 5 rings (SSSR count). The molecule has 1 aliphatic rings. The molecule has 0 radical (unpaired) electrons. The van der Waals surface area contributed by atoms with Gasteiger partial charge in [0.2, 0.25) is 11.8 Å². The summed E-state index contributed by atoms with van der Waals surface area (Å²) in [6, 6.07) is 10.5. The molecule has 1 fully saturated rings. The number of halogens is 1. The number of methoxy groups -OCH3 is 1. The molecule has 2 atom stereocenters. The topological polar surface area (TPSA) is 152 Å². The lowest BCUT2D eigenvalue weighted by Gasteiger charge is -2.14. The van der Waals surface area contributed by atoms with Gasteiger partial charge in [-0.3, -0.25) is 24.3 Å². The Morgan fingerprint density at radius 2 is 2.02 bits per heavy atom. The Hall–Kier alpha value is -4.26. The minimum Gasteiger partial charge on any atom is -0.481 e. The predicted molar refractivity (Wildman–Crippen MR) is 157 cm³/mol. The lowest BCUT2D eigenvalue weighted by atomic mass is 10.0. The van der Waals surface area contributed by atoms with Crippen LogP contribution in [0, 0.1) is 0 Å². The Labute approximate surface area is 246 Å². The summed E-state index contributed by atoms with van der Waals surface area (Å²) in [4.78, 5) is 40.4. The van der Waals surface area contributed by atoms with E-state index in [1.165, 1.54) is 16.0 Å². The summed E-state index contributed by atoms with van der Waals surface area (Å²) in [5, 5.41) is 23.3. The summed E-state index contributed by atoms with van der Waals surface area (Å²) in [6.45, 7) is 2.82. The first-order chi connectivity index (χ1) is 20.2. The molecule has 4 N–H and O–H groups in total. The van der Waals surface area contributed by atoms with Gasteiger partial charge in [-0.15, -0.1) is 0 Å². The largest absolute Gasteiger partial charge is 0.481 e. The molecule has 12 nitrogen and oxygen atoms in total. The molecule has 1 unspecified atom stereocenters. The number of carbonyl (C=O) groups is 2. The maximum absolute atomic E-state index is 13.1. The first-order valence-electron chi connectivity index (χ1n) is 13.5. The fourth-order valence-corrected chi connectivity index (χ4v) is 5.23. The van der Waals surface area contributed by atoms with Crippen molar-refractivity contribution in [2.75, 3.05) is 13.7 Å². The highest BCUT2D eigenvalue weighted by atomic mass is 35.5. The zero-order valence-corrected chi connectivity index (χ0v) is 24.2. The van der Waals surface area contributed by atoms with Crippen LogP contribution in [0.3, 0.4) is 0 Å². The lowest BCUT2D eigenvalue weighted by molar-refractivity contribution is -0.139. The van der Waals surface area contributed by atoms with Crippen molar-refractivity contribution in [1.29, 1.82) is 0 Å². The second kappa shape index (κ2) is 12.3. The highest BCUT2D eigenvalue weighted by Gasteiger charge is 2.21. The third-order valence-corrected chi connectivity index (χ3v) is 7.79. The van der Waals surface area contributed by atoms with E-state index in [-0.39, 0.29) is 24.1 Å². The number of fused-ring (bicyclic) bond motifs is 1. The molecule has 0 spiro atoms. The lowest BCUT2D eigenvalue weighted by Crippen LogP contribution is -2.36. The Morgan fingerprint density at radius 1 is 1.24 bits per heavy atom. The molecule has 13 heteroatoms. The minimum absolute atomic E-state index is 0.0846. The van der Waals surface area contributed by atoms with Crippen LogP contribution in [0.25, 0.3) is 27.9 Å².